The standard InChI is InChI=1S/C22H21N3O3/c1-3-15-4-8-18(9-5-15)24-20-14-17(12-13-23-20)21(26)25-19-10-6-16(7-11-19)22(27)28-2/h4-14H,3H2,1-2H3,(H,23,24)(H,25,26). The third-order valence-electron chi connectivity index (χ3n) is 4.22. The van der Waals surface area contributed by atoms with Gasteiger partial charge < -0.3 is 15.4 Å². The van der Waals surface area contributed by atoms with E-state index in [4.69, 9.17) is 0 Å². The van der Waals surface area contributed by atoms with Crippen LogP contribution in [0.15, 0.2) is 66.9 Å². The molecule has 0 atom stereocenters. The van der Waals surface area contributed by atoms with E-state index in [1.54, 1.807) is 42.6 Å². The van der Waals surface area contributed by atoms with E-state index >= 15 is 0 Å². The molecule has 2 aromatic carbocycles. The van der Waals surface area contributed by atoms with E-state index in [0.29, 0.717) is 22.6 Å². The molecule has 0 bridgehead atoms. The number of rotatable bonds is 6. The quantitative estimate of drug-likeness (QED) is 0.623. The van der Waals surface area contributed by atoms with E-state index < -0.39 is 5.97 Å². The van der Waals surface area contributed by atoms with Gasteiger partial charge in [-0.05, 0) is 60.5 Å². The van der Waals surface area contributed by atoms with E-state index in [1.807, 2.05) is 12.1 Å². The number of aryl methyl sites for hydroxylation is 1. The number of ether oxygens (including phenoxy) is 1. The van der Waals surface area contributed by atoms with Crippen LogP contribution in [0.4, 0.5) is 17.2 Å². The summed E-state index contributed by atoms with van der Waals surface area (Å²) in [6.45, 7) is 2.11. The molecule has 0 saturated heterocycles. The molecule has 0 unspecified atom stereocenters. The number of benzene rings is 2. The number of nitrogens with zero attached hydrogens (tertiary/aromatic N) is 1. The number of hydrogen-bond acceptors (Lipinski definition) is 5. The third kappa shape index (κ3) is 4.73. The third-order valence-corrected chi connectivity index (χ3v) is 4.22. The van der Waals surface area contributed by atoms with Gasteiger partial charge >= 0.3 is 5.97 Å². The normalized spacial score (nSPS) is 10.2. The van der Waals surface area contributed by atoms with Crippen molar-refractivity contribution in [2.24, 2.45) is 0 Å². The summed E-state index contributed by atoms with van der Waals surface area (Å²) < 4.78 is 4.66. The highest BCUT2D eigenvalue weighted by molar-refractivity contribution is 6.04. The highest BCUT2D eigenvalue weighted by Gasteiger charge is 2.09. The highest BCUT2D eigenvalue weighted by atomic mass is 16.5. The van der Waals surface area contributed by atoms with Crippen LogP contribution >= 0.6 is 0 Å². The van der Waals surface area contributed by atoms with E-state index in [1.165, 1.54) is 12.7 Å². The second-order valence-electron chi connectivity index (χ2n) is 6.13. The van der Waals surface area contributed by atoms with Crippen molar-refractivity contribution in [3.8, 4) is 0 Å². The summed E-state index contributed by atoms with van der Waals surface area (Å²) in [4.78, 5) is 28.3. The molecule has 0 fully saturated rings. The summed E-state index contributed by atoms with van der Waals surface area (Å²) in [5.74, 6) is -0.106. The van der Waals surface area contributed by atoms with Crippen LogP contribution in [0.2, 0.25) is 0 Å². The van der Waals surface area contributed by atoms with Gasteiger partial charge in [-0.15, -0.1) is 0 Å². The smallest absolute Gasteiger partial charge is 0.337 e. The van der Waals surface area contributed by atoms with Gasteiger partial charge in [-0.2, -0.15) is 0 Å². The number of pyridine rings is 1. The highest BCUT2D eigenvalue weighted by Crippen LogP contribution is 2.18. The minimum Gasteiger partial charge on any atom is -0.465 e. The van der Waals surface area contributed by atoms with Crippen LogP contribution in [0.25, 0.3) is 0 Å². The zero-order chi connectivity index (χ0) is 19.9. The Morgan fingerprint density at radius 1 is 0.929 bits per heavy atom. The van der Waals surface area contributed by atoms with Crippen molar-refractivity contribution in [1.29, 1.82) is 0 Å². The van der Waals surface area contributed by atoms with Crippen LogP contribution in [0, 0.1) is 0 Å². The SMILES string of the molecule is CCc1ccc(Nc2cc(C(=O)Nc3ccc(C(=O)OC)cc3)ccn2)cc1. The Balaban J connectivity index is 1.68. The zero-order valence-electron chi connectivity index (χ0n) is 15.7. The van der Waals surface area contributed by atoms with Gasteiger partial charge in [0.2, 0.25) is 0 Å². The fraction of sp³-hybridized carbons (Fsp3) is 0.136. The number of nitrogens with one attached hydrogen (secondary N) is 2. The average Bonchev–Trinajstić information content (AvgIpc) is 2.74. The average molecular weight is 375 g/mol. The molecule has 3 rings (SSSR count). The van der Waals surface area contributed by atoms with Gasteiger partial charge in [0.1, 0.15) is 5.82 Å². The summed E-state index contributed by atoms with van der Waals surface area (Å²) in [5.41, 5.74) is 3.63. The van der Waals surface area contributed by atoms with Gasteiger partial charge in [0, 0.05) is 23.1 Å². The van der Waals surface area contributed by atoms with Gasteiger partial charge in [0.05, 0.1) is 12.7 Å². The number of methoxy groups -OCH3 is 1. The van der Waals surface area contributed by atoms with Gasteiger partial charge in [-0.3, -0.25) is 4.79 Å². The maximum absolute atomic E-state index is 12.5. The number of aromatic nitrogens is 1. The van der Waals surface area contributed by atoms with Crippen LogP contribution in [-0.2, 0) is 11.2 Å². The second kappa shape index (κ2) is 8.81. The zero-order valence-corrected chi connectivity index (χ0v) is 15.7. The Bertz CT molecular complexity index is 967. The van der Waals surface area contributed by atoms with Crippen LogP contribution in [0.5, 0.6) is 0 Å². The summed E-state index contributed by atoms with van der Waals surface area (Å²) in [7, 11) is 1.32. The fourth-order valence-electron chi connectivity index (χ4n) is 2.62. The van der Waals surface area contributed by atoms with Crippen molar-refractivity contribution in [3.05, 3.63) is 83.6 Å². The minimum absolute atomic E-state index is 0.266. The Morgan fingerprint density at radius 3 is 2.25 bits per heavy atom. The number of hydrogen-bond donors (Lipinski definition) is 2. The van der Waals surface area contributed by atoms with Gasteiger partial charge in [0.25, 0.3) is 5.91 Å². The van der Waals surface area contributed by atoms with Crippen molar-refractivity contribution in [1.82, 2.24) is 4.98 Å². The molecule has 0 aliphatic heterocycles. The van der Waals surface area contributed by atoms with Gasteiger partial charge in [-0.1, -0.05) is 19.1 Å². The number of anilines is 3. The molecule has 6 heteroatoms. The molecule has 28 heavy (non-hydrogen) atoms. The van der Waals surface area contributed by atoms with Crippen molar-refractivity contribution in [2.45, 2.75) is 13.3 Å². The van der Waals surface area contributed by atoms with Crippen LogP contribution in [-0.4, -0.2) is 24.0 Å². The molecule has 1 aromatic heterocycles. The fourth-order valence-corrected chi connectivity index (χ4v) is 2.62. The minimum atomic E-state index is -0.422. The monoisotopic (exact) mass is 375 g/mol. The molecular formula is C22H21N3O3. The lowest BCUT2D eigenvalue weighted by molar-refractivity contribution is 0.0600. The maximum Gasteiger partial charge on any atom is 0.337 e. The number of esters is 1. The van der Waals surface area contributed by atoms with Gasteiger partial charge in [0.15, 0.2) is 0 Å². The van der Waals surface area contributed by atoms with E-state index in [2.05, 4.69) is 39.4 Å². The Hall–Kier alpha value is -3.67. The first-order valence-corrected chi connectivity index (χ1v) is 8.91. The first-order valence-electron chi connectivity index (χ1n) is 8.91. The molecule has 0 spiro atoms. The van der Waals surface area contributed by atoms with Gasteiger partial charge in [-0.25, -0.2) is 9.78 Å². The lowest BCUT2D eigenvalue weighted by Gasteiger charge is -2.09. The molecule has 142 valence electrons. The number of carbonyl (C=O) groups is 2. The van der Waals surface area contributed by atoms with E-state index in [9.17, 15) is 9.59 Å². The molecule has 0 aliphatic rings. The molecule has 0 radical (unpaired) electrons. The van der Waals surface area contributed by atoms with Crippen molar-refractivity contribution in [2.75, 3.05) is 17.7 Å². The molecule has 0 aliphatic carbocycles. The molecule has 6 nitrogen and oxygen atoms in total. The van der Waals surface area contributed by atoms with Crippen molar-refractivity contribution >= 4 is 29.1 Å². The maximum atomic E-state index is 12.5. The first-order chi connectivity index (χ1) is 13.6. The van der Waals surface area contributed by atoms with Crippen molar-refractivity contribution < 1.29 is 14.3 Å². The van der Waals surface area contributed by atoms with Crippen LogP contribution in [0.1, 0.15) is 33.2 Å². The largest absolute Gasteiger partial charge is 0.465 e. The lowest BCUT2D eigenvalue weighted by atomic mass is 10.1. The number of carbonyl (C=O) groups excluding carboxylic acids is 2. The summed E-state index contributed by atoms with van der Waals surface area (Å²) in [5, 5.41) is 6.00. The molecule has 1 heterocycles. The lowest BCUT2D eigenvalue weighted by Crippen LogP contribution is -2.12. The Labute approximate surface area is 163 Å². The topological polar surface area (TPSA) is 80.3 Å². The van der Waals surface area contributed by atoms with Crippen LogP contribution in [0.3, 0.4) is 0 Å². The van der Waals surface area contributed by atoms with E-state index in [0.717, 1.165) is 12.1 Å². The molecule has 3 aromatic rings. The molecule has 1 amide bonds. The van der Waals surface area contributed by atoms with E-state index in [-0.39, 0.29) is 5.91 Å². The summed E-state index contributed by atoms with van der Waals surface area (Å²) in [6, 6.07) is 17.9. The second-order valence-corrected chi connectivity index (χ2v) is 6.13. The Kier molecular flexibility index (Phi) is 6.01. The Morgan fingerprint density at radius 2 is 1.61 bits per heavy atom. The van der Waals surface area contributed by atoms with Crippen LogP contribution < -0.4 is 10.6 Å². The predicted molar refractivity (Wildman–Crippen MR) is 109 cm³/mol. The first kappa shape index (κ1) is 19.1. The molecular weight excluding hydrogens is 354 g/mol. The summed E-state index contributed by atoms with van der Waals surface area (Å²) in [6.07, 6.45) is 2.56. The number of amides is 1. The summed E-state index contributed by atoms with van der Waals surface area (Å²) >= 11 is 0. The molecule has 2 N–H and O–H groups in total. The molecule has 0 saturated carbocycles. The predicted octanol–water partition coefficient (Wildman–Crippen LogP) is 4.43. The van der Waals surface area contributed by atoms with Crippen molar-refractivity contribution in [3.63, 3.8) is 0 Å².